The van der Waals surface area contributed by atoms with Gasteiger partial charge >= 0.3 is 11.9 Å². The third kappa shape index (κ3) is 8.98. The van der Waals surface area contributed by atoms with Crippen LogP contribution in [0, 0.1) is 0 Å². The number of carbonyl (C=O) groups excluding carboxylic acids is 2. The summed E-state index contributed by atoms with van der Waals surface area (Å²) in [6.45, 7) is 2.79. The molecule has 0 aromatic rings. The molecule has 106 valence electrons. The van der Waals surface area contributed by atoms with E-state index in [2.05, 4.69) is 4.74 Å². The van der Waals surface area contributed by atoms with Gasteiger partial charge in [0.05, 0.1) is 13.5 Å². The van der Waals surface area contributed by atoms with E-state index >= 15 is 0 Å². The Hall–Kier alpha value is -1.10. The molecule has 5 heteroatoms. The number of carbonyl (C=O) groups is 2. The van der Waals surface area contributed by atoms with Crippen molar-refractivity contribution in [2.24, 2.45) is 0 Å². The van der Waals surface area contributed by atoms with E-state index < -0.39 is 0 Å². The molecule has 0 amide bonds. The summed E-state index contributed by atoms with van der Waals surface area (Å²) in [5.74, 6) is -0.577. The van der Waals surface area contributed by atoms with Crippen LogP contribution in [0.2, 0.25) is 0 Å². The van der Waals surface area contributed by atoms with E-state index in [1.165, 1.54) is 7.11 Å². The van der Waals surface area contributed by atoms with Crippen LogP contribution in [0.5, 0.6) is 0 Å². The predicted octanol–water partition coefficient (Wildman–Crippen LogP) is 1.60. The van der Waals surface area contributed by atoms with E-state index in [-0.39, 0.29) is 24.5 Å². The molecule has 0 spiro atoms. The second-order valence-corrected chi connectivity index (χ2v) is 4.59. The van der Waals surface area contributed by atoms with Crippen molar-refractivity contribution < 1.29 is 19.1 Å². The number of esters is 2. The van der Waals surface area contributed by atoms with Gasteiger partial charge in [-0.3, -0.25) is 9.59 Å². The van der Waals surface area contributed by atoms with Crippen LogP contribution >= 0.6 is 0 Å². The van der Waals surface area contributed by atoms with Gasteiger partial charge in [0, 0.05) is 13.0 Å². The maximum atomic E-state index is 11.5. The van der Waals surface area contributed by atoms with Gasteiger partial charge in [-0.1, -0.05) is 13.3 Å². The van der Waals surface area contributed by atoms with Crippen LogP contribution in [0.15, 0.2) is 0 Å². The summed E-state index contributed by atoms with van der Waals surface area (Å²) < 4.78 is 9.92. The van der Waals surface area contributed by atoms with E-state index in [4.69, 9.17) is 4.74 Å². The van der Waals surface area contributed by atoms with Crippen LogP contribution in [0.1, 0.15) is 39.0 Å². The second kappa shape index (κ2) is 9.88. The van der Waals surface area contributed by atoms with E-state index in [1.54, 1.807) is 0 Å². The lowest BCUT2D eigenvalue weighted by Gasteiger charge is -2.19. The van der Waals surface area contributed by atoms with Crippen molar-refractivity contribution in [1.29, 1.82) is 0 Å². The van der Waals surface area contributed by atoms with E-state index in [1.807, 2.05) is 25.9 Å². The largest absolute Gasteiger partial charge is 0.469 e. The van der Waals surface area contributed by atoms with E-state index in [0.717, 1.165) is 19.4 Å². The topological polar surface area (TPSA) is 55.8 Å². The highest BCUT2D eigenvalue weighted by atomic mass is 16.6. The molecular formula is C13H25NO4. The zero-order valence-electron chi connectivity index (χ0n) is 11.9. The monoisotopic (exact) mass is 259 g/mol. The Kier molecular flexibility index (Phi) is 9.28. The molecular weight excluding hydrogens is 234 g/mol. The van der Waals surface area contributed by atoms with Crippen LogP contribution in [0.4, 0.5) is 0 Å². The van der Waals surface area contributed by atoms with Crippen molar-refractivity contribution in [2.45, 2.75) is 45.1 Å². The standard InChI is InChI=1S/C13H25NO4/c1-5-6-7-12(15)18-11(8-9-14(2)3)10-13(16)17-4/h11H,5-10H2,1-4H3/t11-/m0/s1. The third-order valence-electron chi connectivity index (χ3n) is 2.55. The molecule has 0 unspecified atom stereocenters. The summed E-state index contributed by atoms with van der Waals surface area (Å²) >= 11 is 0. The maximum absolute atomic E-state index is 11.5. The summed E-state index contributed by atoms with van der Waals surface area (Å²) in [7, 11) is 5.21. The SMILES string of the molecule is CCCCC(=O)O[C@@H](CCN(C)C)CC(=O)OC. The summed E-state index contributed by atoms with van der Waals surface area (Å²) in [5, 5.41) is 0. The molecule has 0 aliphatic carbocycles. The molecule has 5 nitrogen and oxygen atoms in total. The van der Waals surface area contributed by atoms with Crippen molar-refractivity contribution in [3.63, 3.8) is 0 Å². The van der Waals surface area contributed by atoms with Gasteiger partial charge in [-0.25, -0.2) is 0 Å². The van der Waals surface area contributed by atoms with Crippen molar-refractivity contribution in [1.82, 2.24) is 4.90 Å². The molecule has 0 saturated carbocycles. The first-order chi connectivity index (χ1) is 8.49. The normalized spacial score (nSPS) is 12.3. The van der Waals surface area contributed by atoms with Gasteiger partial charge in [-0.2, -0.15) is 0 Å². The van der Waals surface area contributed by atoms with Crippen LogP contribution in [0.25, 0.3) is 0 Å². The van der Waals surface area contributed by atoms with Gasteiger partial charge in [-0.05, 0) is 26.9 Å². The Morgan fingerprint density at radius 3 is 2.39 bits per heavy atom. The minimum atomic E-state index is -0.385. The number of unbranched alkanes of at least 4 members (excludes halogenated alkanes) is 1. The Morgan fingerprint density at radius 2 is 1.89 bits per heavy atom. The summed E-state index contributed by atoms with van der Waals surface area (Å²) in [4.78, 5) is 24.8. The molecule has 0 heterocycles. The molecule has 0 aliphatic heterocycles. The van der Waals surface area contributed by atoms with Gasteiger partial charge in [0.15, 0.2) is 0 Å². The molecule has 0 fully saturated rings. The molecule has 1 atom stereocenters. The number of nitrogens with zero attached hydrogens (tertiary/aromatic N) is 1. The Morgan fingerprint density at radius 1 is 1.22 bits per heavy atom. The second-order valence-electron chi connectivity index (χ2n) is 4.59. The van der Waals surface area contributed by atoms with Crippen LogP contribution in [-0.4, -0.2) is 50.7 Å². The molecule has 0 aliphatic rings. The lowest BCUT2D eigenvalue weighted by molar-refractivity contribution is -0.154. The van der Waals surface area contributed by atoms with Crippen molar-refractivity contribution in [3.8, 4) is 0 Å². The highest BCUT2D eigenvalue weighted by Gasteiger charge is 2.18. The molecule has 0 saturated heterocycles. The highest BCUT2D eigenvalue weighted by Crippen LogP contribution is 2.09. The van der Waals surface area contributed by atoms with Crippen LogP contribution < -0.4 is 0 Å². The Labute approximate surface area is 109 Å². The first-order valence-electron chi connectivity index (χ1n) is 6.40. The third-order valence-corrected chi connectivity index (χ3v) is 2.55. The molecule has 0 radical (unpaired) electrons. The van der Waals surface area contributed by atoms with Crippen molar-refractivity contribution in [3.05, 3.63) is 0 Å². The fourth-order valence-corrected chi connectivity index (χ4v) is 1.44. The zero-order chi connectivity index (χ0) is 14.0. The fourth-order valence-electron chi connectivity index (χ4n) is 1.44. The van der Waals surface area contributed by atoms with Crippen molar-refractivity contribution >= 4 is 11.9 Å². The highest BCUT2D eigenvalue weighted by molar-refractivity contribution is 5.72. The fraction of sp³-hybridized carbons (Fsp3) is 0.846. The average Bonchev–Trinajstić information content (AvgIpc) is 2.33. The zero-order valence-corrected chi connectivity index (χ0v) is 11.9. The number of methoxy groups -OCH3 is 1. The minimum Gasteiger partial charge on any atom is -0.469 e. The van der Waals surface area contributed by atoms with Crippen LogP contribution in [-0.2, 0) is 19.1 Å². The molecule has 0 rings (SSSR count). The van der Waals surface area contributed by atoms with Gasteiger partial charge in [0.2, 0.25) is 0 Å². The lowest BCUT2D eigenvalue weighted by Crippen LogP contribution is -2.26. The first kappa shape index (κ1) is 16.9. The number of rotatable bonds is 9. The van der Waals surface area contributed by atoms with Gasteiger partial charge in [0.1, 0.15) is 6.10 Å². The van der Waals surface area contributed by atoms with Gasteiger partial charge in [-0.15, -0.1) is 0 Å². The summed E-state index contributed by atoms with van der Waals surface area (Å²) in [6, 6.07) is 0. The summed E-state index contributed by atoms with van der Waals surface area (Å²) in [5.41, 5.74) is 0. The number of hydrogen-bond donors (Lipinski definition) is 0. The molecule has 18 heavy (non-hydrogen) atoms. The van der Waals surface area contributed by atoms with Crippen LogP contribution in [0.3, 0.4) is 0 Å². The van der Waals surface area contributed by atoms with Gasteiger partial charge in [0.25, 0.3) is 0 Å². The maximum Gasteiger partial charge on any atom is 0.309 e. The van der Waals surface area contributed by atoms with Crippen molar-refractivity contribution in [2.75, 3.05) is 27.7 Å². The van der Waals surface area contributed by atoms with E-state index in [0.29, 0.717) is 12.8 Å². The number of ether oxygens (including phenoxy) is 2. The quantitative estimate of drug-likeness (QED) is 0.589. The van der Waals surface area contributed by atoms with Gasteiger partial charge < -0.3 is 14.4 Å². The van der Waals surface area contributed by atoms with E-state index in [9.17, 15) is 9.59 Å². The Bertz CT molecular complexity index is 253. The molecule has 0 bridgehead atoms. The number of hydrogen-bond acceptors (Lipinski definition) is 5. The predicted molar refractivity (Wildman–Crippen MR) is 69.2 cm³/mol. The summed E-state index contributed by atoms with van der Waals surface area (Å²) in [6.07, 6.45) is 2.56. The molecule has 0 aromatic carbocycles. The first-order valence-corrected chi connectivity index (χ1v) is 6.40. The molecule has 0 N–H and O–H groups in total. The lowest BCUT2D eigenvalue weighted by atomic mass is 10.1. The minimum absolute atomic E-state index is 0.127. The smallest absolute Gasteiger partial charge is 0.309 e. The Balaban J connectivity index is 4.18. The average molecular weight is 259 g/mol. The molecule has 0 aromatic heterocycles.